The molecular weight excluding hydrogens is 174 g/mol. The summed E-state index contributed by atoms with van der Waals surface area (Å²) in [5.74, 6) is 1.88. The molecule has 14 heavy (non-hydrogen) atoms. The van der Waals surface area contributed by atoms with Crippen molar-refractivity contribution in [1.82, 2.24) is 0 Å². The van der Waals surface area contributed by atoms with E-state index in [1.54, 1.807) is 7.11 Å². The first kappa shape index (κ1) is 8.16. The summed E-state index contributed by atoms with van der Waals surface area (Å²) >= 11 is 0. The highest BCUT2D eigenvalue weighted by Crippen LogP contribution is 2.40. The fourth-order valence-electron chi connectivity index (χ4n) is 2.27. The van der Waals surface area contributed by atoms with E-state index in [1.165, 1.54) is 30.5 Å². The molecule has 1 aromatic carbocycles. The van der Waals surface area contributed by atoms with Gasteiger partial charge in [-0.25, -0.2) is 0 Å². The van der Waals surface area contributed by atoms with Crippen LogP contribution in [0.15, 0.2) is 18.2 Å². The minimum absolute atomic E-state index is 0.692. The first-order valence-corrected chi connectivity index (χ1v) is 5.30. The van der Waals surface area contributed by atoms with Crippen LogP contribution in [0.3, 0.4) is 0 Å². The fourth-order valence-corrected chi connectivity index (χ4v) is 2.27. The highest BCUT2D eigenvalue weighted by atomic mass is 16.5. The lowest BCUT2D eigenvalue weighted by Crippen LogP contribution is -2.17. The van der Waals surface area contributed by atoms with Crippen molar-refractivity contribution >= 4 is 5.69 Å². The van der Waals surface area contributed by atoms with Crippen LogP contribution in [0.5, 0.6) is 5.75 Å². The highest BCUT2D eigenvalue weighted by Gasteiger charge is 2.34. The third-order valence-electron chi connectivity index (χ3n) is 3.29. The molecule has 2 nitrogen and oxygen atoms in total. The van der Waals surface area contributed by atoms with Gasteiger partial charge in [0, 0.05) is 17.8 Å². The van der Waals surface area contributed by atoms with Crippen LogP contribution in [0.1, 0.15) is 18.4 Å². The summed E-state index contributed by atoms with van der Waals surface area (Å²) in [6, 6.07) is 7.04. The van der Waals surface area contributed by atoms with Gasteiger partial charge in [0.2, 0.25) is 0 Å². The number of methoxy groups -OCH3 is 1. The zero-order chi connectivity index (χ0) is 9.54. The molecule has 74 valence electrons. The molecule has 0 bridgehead atoms. The van der Waals surface area contributed by atoms with Gasteiger partial charge in [-0.05, 0) is 36.8 Å². The van der Waals surface area contributed by atoms with Gasteiger partial charge in [0.1, 0.15) is 5.75 Å². The molecular formula is C12H15NO. The first-order valence-electron chi connectivity index (χ1n) is 5.30. The molecule has 1 aliphatic heterocycles. The van der Waals surface area contributed by atoms with Gasteiger partial charge in [0.15, 0.2) is 0 Å². The molecule has 1 fully saturated rings. The van der Waals surface area contributed by atoms with Crippen LogP contribution >= 0.6 is 0 Å². The Morgan fingerprint density at radius 3 is 2.93 bits per heavy atom. The standard InChI is InChI=1S/C12H15NO/c1-14-10-5-4-9-6-11(8-2-3-8)13-12(9)7-10/h4-5,7-8,11,13H,2-3,6H2,1H3. The minimum Gasteiger partial charge on any atom is -0.497 e. The quantitative estimate of drug-likeness (QED) is 0.771. The smallest absolute Gasteiger partial charge is 0.120 e. The molecule has 1 N–H and O–H groups in total. The van der Waals surface area contributed by atoms with Crippen LogP contribution < -0.4 is 10.1 Å². The Labute approximate surface area is 84.3 Å². The lowest BCUT2D eigenvalue weighted by atomic mass is 10.1. The van der Waals surface area contributed by atoms with Crippen LogP contribution in [0.2, 0.25) is 0 Å². The largest absolute Gasteiger partial charge is 0.497 e. The lowest BCUT2D eigenvalue weighted by molar-refractivity contribution is 0.415. The van der Waals surface area contributed by atoms with Crippen LogP contribution in [0.25, 0.3) is 0 Å². The second-order valence-electron chi connectivity index (χ2n) is 4.32. The minimum atomic E-state index is 0.692. The van der Waals surface area contributed by atoms with E-state index < -0.39 is 0 Å². The number of nitrogens with one attached hydrogen (secondary N) is 1. The molecule has 1 aromatic rings. The number of hydrogen-bond donors (Lipinski definition) is 1. The third-order valence-corrected chi connectivity index (χ3v) is 3.29. The van der Waals surface area contributed by atoms with Crippen LogP contribution in [-0.4, -0.2) is 13.2 Å². The first-order chi connectivity index (χ1) is 6.86. The van der Waals surface area contributed by atoms with Crippen molar-refractivity contribution < 1.29 is 4.74 Å². The highest BCUT2D eigenvalue weighted by molar-refractivity contribution is 5.60. The third kappa shape index (κ3) is 1.26. The number of anilines is 1. The van der Waals surface area contributed by atoms with Crippen molar-refractivity contribution in [2.24, 2.45) is 5.92 Å². The Morgan fingerprint density at radius 2 is 2.21 bits per heavy atom. The van der Waals surface area contributed by atoms with Gasteiger partial charge in [-0.2, -0.15) is 0 Å². The van der Waals surface area contributed by atoms with E-state index in [1.807, 2.05) is 0 Å². The summed E-state index contributed by atoms with van der Waals surface area (Å²) in [6.45, 7) is 0. The van der Waals surface area contributed by atoms with Gasteiger partial charge in [0.05, 0.1) is 7.11 Å². The van der Waals surface area contributed by atoms with Crippen molar-refractivity contribution in [3.05, 3.63) is 23.8 Å². The summed E-state index contributed by atoms with van der Waals surface area (Å²) in [6.07, 6.45) is 4.01. The number of benzene rings is 1. The van der Waals surface area contributed by atoms with Crippen LogP contribution in [-0.2, 0) is 6.42 Å². The van der Waals surface area contributed by atoms with Crippen molar-refractivity contribution in [2.75, 3.05) is 12.4 Å². The molecule has 1 aliphatic carbocycles. The van der Waals surface area contributed by atoms with Gasteiger partial charge in [-0.15, -0.1) is 0 Å². The second-order valence-corrected chi connectivity index (χ2v) is 4.32. The van der Waals surface area contributed by atoms with Crippen molar-refractivity contribution in [2.45, 2.75) is 25.3 Å². The SMILES string of the molecule is COc1ccc2c(c1)NC(C1CC1)C2. The van der Waals surface area contributed by atoms with E-state index in [0.29, 0.717) is 6.04 Å². The summed E-state index contributed by atoms with van der Waals surface area (Å²) in [4.78, 5) is 0. The topological polar surface area (TPSA) is 21.3 Å². The van der Waals surface area contributed by atoms with Gasteiger partial charge in [-0.1, -0.05) is 6.07 Å². The maximum absolute atomic E-state index is 5.21. The lowest BCUT2D eigenvalue weighted by Gasteiger charge is -2.08. The molecule has 2 aliphatic rings. The monoisotopic (exact) mass is 189 g/mol. The zero-order valence-electron chi connectivity index (χ0n) is 8.42. The van der Waals surface area contributed by atoms with Crippen molar-refractivity contribution in [3.63, 3.8) is 0 Å². The number of rotatable bonds is 2. The predicted molar refractivity (Wildman–Crippen MR) is 56.8 cm³/mol. The van der Waals surface area contributed by atoms with Crippen molar-refractivity contribution in [1.29, 1.82) is 0 Å². The molecule has 2 heteroatoms. The molecule has 0 aromatic heterocycles. The maximum atomic E-state index is 5.21. The summed E-state index contributed by atoms with van der Waals surface area (Å²) in [5, 5.41) is 3.59. The van der Waals surface area contributed by atoms with Crippen molar-refractivity contribution in [3.8, 4) is 5.75 Å². The Morgan fingerprint density at radius 1 is 1.36 bits per heavy atom. The normalized spacial score (nSPS) is 24.2. The fraction of sp³-hybridized carbons (Fsp3) is 0.500. The maximum Gasteiger partial charge on any atom is 0.120 e. The average molecular weight is 189 g/mol. The number of ether oxygens (including phenoxy) is 1. The van der Waals surface area contributed by atoms with E-state index in [-0.39, 0.29) is 0 Å². The summed E-state index contributed by atoms with van der Waals surface area (Å²) < 4.78 is 5.21. The zero-order valence-corrected chi connectivity index (χ0v) is 8.42. The van der Waals surface area contributed by atoms with E-state index in [2.05, 4.69) is 23.5 Å². The Hall–Kier alpha value is -1.18. The van der Waals surface area contributed by atoms with E-state index >= 15 is 0 Å². The molecule has 1 unspecified atom stereocenters. The number of fused-ring (bicyclic) bond motifs is 1. The molecule has 0 amide bonds. The molecule has 1 saturated carbocycles. The van der Waals surface area contributed by atoms with Gasteiger partial charge in [-0.3, -0.25) is 0 Å². The summed E-state index contributed by atoms with van der Waals surface area (Å²) in [7, 11) is 1.72. The molecule has 1 heterocycles. The van der Waals surface area contributed by atoms with Gasteiger partial charge >= 0.3 is 0 Å². The Balaban J connectivity index is 1.86. The summed E-state index contributed by atoms with van der Waals surface area (Å²) in [5.41, 5.74) is 2.73. The van der Waals surface area contributed by atoms with E-state index in [4.69, 9.17) is 4.74 Å². The molecule has 3 rings (SSSR count). The predicted octanol–water partition coefficient (Wildman–Crippen LogP) is 2.44. The van der Waals surface area contributed by atoms with Gasteiger partial charge in [0.25, 0.3) is 0 Å². The molecule has 1 atom stereocenters. The molecule has 0 spiro atoms. The van der Waals surface area contributed by atoms with Crippen LogP contribution in [0, 0.1) is 5.92 Å². The van der Waals surface area contributed by atoms with E-state index in [9.17, 15) is 0 Å². The number of hydrogen-bond acceptors (Lipinski definition) is 2. The van der Waals surface area contributed by atoms with E-state index in [0.717, 1.165) is 11.7 Å². The Kier molecular flexibility index (Phi) is 1.69. The van der Waals surface area contributed by atoms with Gasteiger partial charge < -0.3 is 10.1 Å². The molecule has 0 saturated heterocycles. The second kappa shape index (κ2) is 2.91. The average Bonchev–Trinajstić information content (AvgIpc) is 2.97. The Bertz CT molecular complexity index is 357. The van der Waals surface area contributed by atoms with Crippen LogP contribution in [0.4, 0.5) is 5.69 Å². The molecule has 0 radical (unpaired) electrons.